The molecule has 0 aliphatic carbocycles. The fourth-order valence-electron chi connectivity index (χ4n) is 2.42. The molecule has 0 amide bonds. The van der Waals surface area contributed by atoms with Crippen molar-refractivity contribution in [3.63, 3.8) is 0 Å². The molecule has 1 fully saturated rings. The number of carbonyl (C=O) groups is 1. The summed E-state index contributed by atoms with van der Waals surface area (Å²) in [6.07, 6.45) is 0.988. The van der Waals surface area contributed by atoms with Gasteiger partial charge in [-0.2, -0.15) is 0 Å². The van der Waals surface area contributed by atoms with E-state index in [0.29, 0.717) is 0 Å². The van der Waals surface area contributed by atoms with E-state index >= 15 is 0 Å². The summed E-state index contributed by atoms with van der Waals surface area (Å²) >= 11 is 9.65. The Balaban J connectivity index is 1.92. The number of carboxylic acids is 1. The van der Waals surface area contributed by atoms with Crippen LogP contribution in [0.3, 0.4) is 0 Å². The second-order valence-electron chi connectivity index (χ2n) is 5.04. The monoisotopic (exact) mass is 360 g/mol. The summed E-state index contributed by atoms with van der Waals surface area (Å²) < 4.78 is 0.981. The van der Waals surface area contributed by atoms with E-state index in [1.807, 2.05) is 23.1 Å². The highest BCUT2D eigenvalue weighted by Gasteiger charge is 2.17. The van der Waals surface area contributed by atoms with Gasteiger partial charge < -0.3 is 5.11 Å². The Morgan fingerprint density at radius 1 is 1.25 bits per heavy atom. The van der Waals surface area contributed by atoms with Crippen LogP contribution in [0.5, 0.6) is 0 Å². The topological polar surface area (TPSA) is 43.8 Å². The SMILES string of the molecule is O=C(O)CN1CCCN(Cc2ccc(Br)cc2Cl)CC1. The first-order valence-corrected chi connectivity index (χ1v) is 7.82. The standard InChI is InChI=1S/C14H18BrClN2O2/c15-12-3-2-11(13(16)8-12)9-17-4-1-5-18(7-6-17)10-14(19)20/h2-3,8H,1,4-7,9-10H2,(H,19,20). The predicted molar refractivity (Wildman–Crippen MR) is 83.1 cm³/mol. The number of halogens is 2. The summed E-state index contributed by atoms with van der Waals surface area (Å²) in [7, 11) is 0. The minimum Gasteiger partial charge on any atom is -0.480 e. The van der Waals surface area contributed by atoms with Crippen LogP contribution in [0.4, 0.5) is 0 Å². The van der Waals surface area contributed by atoms with Crippen molar-refractivity contribution in [3.8, 4) is 0 Å². The molecule has 4 nitrogen and oxygen atoms in total. The van der Waals surface area contributed by atoms with E-state index in [4.69, 9.17) is 16.7 Å². The quantitative estimate of drug-likeness (QED) is 0.895. The number of benzene rings is 1. The van der Waals surface area contributed by atoms with Gasteiger partial charge in [0.1, 0.15) is 0 Å². The van der Waals surface area contributed by atoms with Crippen molar-refractivity contribution < 1.29 is 9.90 Å². The Morgan fingerprint density at radius 2 is 1.95 bits per heavy atom. The average molecular weight is 362 g/mol. The molecule has 1 aromatic carbocycles. The van der Waals surface area contributed by atoms with E-state index in [9.17, 15) is 4.79 Å². The lowest BCUT2D eigenvalue weighted by molar-refractivity contribution is -0.138. The molecule has 1 aromatic rings. The van der Waals surface area contributed by atoms with Crippen LogP contribution in [-0.4, -0.2) is 53.6 Å². The van der Waals surface area contributed by atoms with Gasteiger partial charge in [0, 0.05) is 35.7 Å². The molecule has 6 heteroatoms. The molecule has 1 heterocycles. The van der Waals surface area contributed by atoms with Crippen LogP contribution in [-0.2, 0) is 11.3 Å². The first kappa shape index (κ1) is 15.8. The van der Waals surface area contributed by atoms with Gasteiger partial charge in [0.05, 0.1) is 6.54 Å². The van der Waals surface area contributed by atoms with Crippen LogP contribution in [0.1, 0.15) is 12.0 Å². The third-order valence-electron chi connectivity index (χ3n) is 3.45. The van der Waals surface area contributed by atoms with Crippen molar-refractivity contribution in [3.05, 3.63) is 33.3 Å². The van der Waals surface area contributed by atoms with Crippen LogP contribution < -0.4 is 0 Å². The molecule has 1 aliphatic heterocycles. The number of nitrogens with zero attached hydrogens (tertiary/aromatic N) is 2. The fraction of sp³-hybridized carbons (Fsp3) is 0.500. The van der Waals surface area contributed by atoms with Gasteiger partial charge in [-0.05, 0) is 30.7 Å². The second-order valence-corrected chi connectivity index (χ2v) is 6.36. The van der Waals surface area contributed by atoms with Crippen LogP contribution in [0.15, 0.2) is 22.7 Å². The third kappa shape index (κ3) is 4.74. The van der Waals surface area contributed by atoms with Crippen molar-refractivity contribution in [2.45, 2.75) is 13.0 Å². The minimum atomic E-state index is -0.755. The van der Waals surface area contributed by atoms with Gasteiger partial charge >= 0.3 is 5.97 Å². The summed E-state index contributed by atoms with van der Waals surface area (Å²) in [4.78, 5) is 15.1. The number of carboxylic acid groups (broad SMARTS) is 1. The normalized spacial score (nSPS) is 17.9. The maximum Gasteiger partial charge on any atom is 0.317 e. The van der Waals surface area contributed by atoms with E-state index in [0.717, 1.165) is 54.2 Å². The smallest absolute Gasteiger partial charge is 0.317 e. The van der Waals surface area contributed by atoms with E-state index in [1.165, 1.54) is 0 Å². The summed E-state index contributed by atoms with van der Waals surface area (Å²) in [5.74, 6) is -0.755. The highest BCUT2D eigenvalue weighted by atomic mass is 79.9. The molecule has 0 radical (unpaired) electrons. The van der Waals surface area contributed by atoms with Crippen LogP contribution in [0.25, 0.3) is 0 Å². The lowest BCUT2D eigenvalue weighted by Gasteiger charge is -2.21. The van der Waals surface area contributed by atoms with Crippen LogP contribution >= 0.6 is 27.5 Å². The third-order valence-corrected chi connectivity index (χ3v) is 4.29. The number of hydrogen-bond acceptors (Lipinski definition) is 3. The summed E-state index contributed by atoms with van der Waals surface area (Å²) in [5.41, 5.74) is 1.11. The van der Waals surface area contributed by atoms with Crippen molar-refractivity contribution in [2.75, 3.05) is 32.7 Å². The summed E-state index contributed by atoms with van der Waals surface area (Å²) in [6.45, 7) is 4.43. The Labute approximate surface area is 132 Å². The van der Waals surface area contributed by atoms with E-state index in [1.54, 1.807) is 0 Å². The summed E-state index contributed by atoms with van der Waals surface area (Å²) in [6, 6.07) is 5.94. The van der Waals surface area contributed by atoms with Crippen molar-refractivity contribution in [2.24, 2.45) is 0 Å². The van der Waals surface area contributed by atoms with E-state index in [-0.39, 0.29) is 6.54 Å². The molecule has 20 heavy (non-hydrogen) atoms. The molecule has 0 spiro atoms. The maximum atomic E-state index is 10.8. The Morgan fingerprint density at radius 3 is 2.65 bits per heavy atom. The van der Waals surface area contributed by atoms with Gasteiger partial charge in [0.15, 0.2) is 0 Å². The summed E-state index contributed by atoms with van der Waals surface area (Å²) in [5, 5.41) is 9.61. The first-order valence-electron chi connectivity index (χ1n) is 6.65. The van der Waals surface area contributed by atoms with E-state index < -0.39 is 5.97 Å². The molecule has 2 rings (SSSR count). The lowest BCUT2D eigenvalue weighted by atomic mass is 10.2. The van der Waals surface area contributed by atoms with Crippen LogP contribution in [0.2, 0.25) is 5.02 Å². The molecule has 1 saturated heterocycles. The van der Waals surface area contributed by atoms with Crippen molar-refractivity contribution in [1.29, 1.82) is 0 Å². The number of rotatable bonds is 4. The Hall–Kier alpha value is -0.620. The van der Waals surface area contributed by atoms with Gasteiger partial charge in [-0.15, -0.1) is 0 Å². The molecule has 1 aliphatic rings. The fourth-order valence-corrected chi connectivity index (χ4v) is 3.16. The molecule has 0 bridgehead atoms. The van der Waals surface area contributed by atoms with E-state index in [2.05, 4.69) is 20.8 Å². The molecule has 0 unspecified atom stereocenters. The Bertz CT molecular complexity index is 484. The molecule has 0 saturated carbocycles. The zero-order valence-corrected chi connectivity index (χ0v) is 13.5. The van der Waals surface area contributed by atoms with Gasteiger partial charge in [0.2, 0.25) is 0 Å². The Kier molecular flexibility index (Phi) is 5.84. The van der Waals surface area contributed by atoms with Gasteiger partial charge in [0.25, 0.3) is 0 Å². The van der Waals surface area contributed by atoms with Crippen molar-refractivity contribution in [1.82, 2.24) is 9.80 Å². The molecular formula is C14H18BrClN2O2. The molecule has 0 aromatic heterocycles. The van der Waals surface area contributed by atoms with Gasteiger partial charge in [-0.25, -0.2) is 0 Å². The van der Waals surface area contributed by atoms with Gasteiger partial charge in [-0.1, -0.05) is 33.6 Å². The maximum absolute atomic E-state index is 10.8. The number of aliphatic carboxylic acids is 1. The largest absolute Gasteiger partial charge is 0.480 e. The molecule has 1 N–H and O–H groups in total. The second kappa shape index (κ2) is 7.41. The molecule has 0 atom stereocenters. The first-order chi connectivity index (χ1) is 9.54. The lowest BCUT2D eigenvalue weighted by Crippen LogP contribution is -2.34. The molecular weight excluding hydrogens is 344 g/mol. The highest BCUT2D eigenvalue weighted by Crippen LogP contribution is 2.23. The average Bonchev–Trinajstić information content (AvgIpc) is 2.58. The number of hydrogen-bond donors (Lipinski definition) is 1. The van der Waals surface area contributed by atoms with Gasteiger partial charge in [-0.3, -0.25) is 14.6 Å². The highest BCUT2D eigenvalue weighted by molar-refractivity contribution is 9.10. The van der Waals surface area contributed by atoms with Crippen LogP contribution in [0, 0.1) is 0 Å². The zero-order chi connectivity index (χ0) is 14.5. The van der Waals surface area contributed by atoms with Crippen molar-refractivity contribution >= 4 is 33.5 Å². The zero-order valence-electron chi connectivity index (χ0n) is 11.2. The molecule has 110 valence electrons. The minimum absolute atomic E-state index is 0.132. The predicted octanol–water partition coefficient (Wildman–Crippen LogP) is 2.69.